The van der Waals surface area contributed by atoms with Crippen LogP contribution in [0.3, 0.4) is 0 Å². The summed E-state index contributed by atoms with van der Waals surface area (Å²) >= 11 is 0. The summed E-state index contributed by atoms with van der Waals surface area (Å²) in [6.45, 7) is 3.14. The van der Waals surface area contributed by atoms with Crippen LogP contribution in [-0.4, -0.2) is 80.1 Å². The monoisotopic (exact) mass is 433 g/mol. The summed E-state index contributed by atoms with van der Waals surface area (Å²) in [5.74, 6) is 2.00. The van der Waals surface area contributed by atoms with Gasteiger partial charge >= 0.3 is 6.03 Å². The van der Waals surface area contributed by atoms with E-state index in [4.69, 9.17) is 0 Å². The van der Waals surface area contributed by atoms with Crippen molar-refractivity contribution in [2.75, 3.05) is 33.7 Å². The van der Waals surface area contributed by atoms with Gasteiger partial charge in [-0.05, 0) is 24.3 Å². The highest BCUT2D eigenvalue weighted by molar-refractivity contribution is 6.05. The van der Waals surface area contributed by atoms with Gasteiger partial charge in [-0.2, -0.15) is 0 Å². The van der Waals surface area contributed by atoms with Crippen molar-refractivity contribution in [2.45, 2.75) is 31.8 Å². The Balaban J connectivity index is 1.30. The third-order valence-electron chi connectivity index (χ3n) is 6.46. The van der Waals surface area contributed by atoms with Crippen molar-refractivity contribution in [3.05, 3.63) is 53.9 Å². The average Bonchev–Trinajstić information content (AvgIpc) is 3.26. The normalized spacial score (nSPS) is 16.8. The molecule has 2 aromatic heterocycles. The van der Waals surface area contributed by atoms with Gasteiger partial charge < -0.3 is 19.3 Å². The van der Waals surface area contributed by atoms with Crippen molar-refractivity contribution in [3.63, 3.8) is 0 Å². The molecule has 4 heterocycles. The van der Waals surface area contributed by atoms with E-state index in [0.717, 1.165) is 48.4 Å². The third kappa shape index (κ3) is 3.57. The van der Waals surface area contributed by atoms with E-state index in [1.54, 1.807) is 30.1 Å². The highest BCUT2D eigenvalue weighted by atomic mass is 16.2. The number of carbonyl (C=O) groups excluding carboxylic acids is 2. The van der Waals surface area contributed by atoms with Crippen LogP contribution in [-0.2, 0) is 13.1 Å². The summed E-state index contributed by atoms with van der Waals surface area (Å²) in [4.78, 5) is 35.1. The summed E-state index contributed by atoms with van der Waals surface area (Å²) in [5, 5.41) is 10.8. The van der Waals surface area contributed by atoms with Crippen molar-refractivity contribution < 1.29 is 9.59 Å². The fraction of sp³-hybridized carbons (Fsp3) is 0.435. The van der Waals surface area contributed by atoms with Crippen LogP contribution in [0.15, 0.2) is 36.5 Å². The molecule has 166 valence electrons. The number of piperidine rings is 1. The van der Waals surface area contributed by atoms with E-state index >= 15 is 0 Å². The van der Waals surface area contributed by atoms with Gasteiger partial charge in [0.25, 0.3) is 5.91 Å². The van der Waals surface area contributed by atoms with E-state index in [-0.39, 0.29) is 17.9 Å². The molecule has 1 aromatic carbocycles. The molecule has 9 heteroatoms. The number of hydrogen-bond acceptors (Lipinski definition) is 5. The van der Waals surface area contributed by atoms with Crippen molar-refractivity contribution >= 4 is 22.7 Å². The molecule has 0 radical (unpaired) electrons. The van der Waals surface area contributed by atoms with Gasteiger partial charge in [-0.1, -0.05) is 24.3 Å². The Kier molecular flexibility index (Phi) is 5.24. The van der Waals surface area contributed by atoms with Crippen LogP contribution in [0, 0.1) is 0 Å². The summed E-state index contributed by atoms with van der Waals surface area (Å²) in [6.07, 6.45) is 3.44. The van der Waals surface area contributed by atoms with Crippen molar-refractivity contribution in [2.24, 2.45) is 0 Å². The molecule has 0 unspecified atom stereocenters. The van der Waals surface area contributed by atoms with Crippen molar-refractivity contribution in [1.82, 2.24) is 34.4 Å². The summed E-state index contributed by atoms with van der Waals surface area (Å²) in [5.41, 5.74) is 0.481. The highest BCUT2D eigenvalue weighted by Gasteiger charge is 2.32. The number of benzene rings is 1. The zero-order valence-electron chi connectivity index (χ0n) is 18.4. The smallest absolute Gasteiger partial charge is 0.319 e. The summed E-state index contributed by atoms with van der Waals surface area (Å²) in [7, 11) is 3.56. The highest BCUT2D eigenvalue weighted by Crippen LogP contribution is 2.29. The van der Waals surface area contributed by atoms with Crippen LogP contribution < -0.4 is 0 Å². The lowest BCUT2D eigenvalue weighted by Crippen LogP contribution is -2.44. The molecule has 2 aliphatic rings. The first-order valence-electron chi connectivity index (χ1n) is 11.0. The van der Waals surface area contributed by atoms with Crippen LogP contribution in [0.25, 0.3) is 10.8 Å². The molecular formula is C23H27N7O2. The zero-order valence-corrected chi connectivity index (χ0v) is 18.4. The first-order valence-corrected chi connectivity index (χ1v) is 11.0. The number of amides is 3. The lowest BCUT2D eigenvalue weighted by molar-refractivity contribution is 0.0702. The molecule has 1 fully saturated rings. The van der Waals surface area contributed by atoms with E-state index in [1.165, 1.54) is 0 Å². The minimum absolute atomic E-state index is 0.0583. The summed E-state index contributed by atoms with van der Waals surface area (Å²) < 4.78 is 2.16. The number of nitrogens with zero attached hydrogens (tertiary/aromatic N) is 7. The maximum atomic E-state index is 13.3. The first-order chi connectivity index (χ1) is 15.5. The number of carbonyl (C=O) groups is 2. The van der Waals surface area contributed by atoms with Gasteiger partial charge in [-0.3, -0.25) is 9.78 Å². The standard InChI is InChI=1S/C23H27N7O2/c1-27(2)23(32)28-11-8-17(9-12-28)21-26-25-19-15-29(13-14-30(19)21)22(31)20-18-6-4-3-5-16(18)7-10-24-20/h3-7,10,17H,8-9,11-15H2,1-2H3. The van der Waals surface area contributed by atoms with Crippen LogP contribution in [0.1, 0.15) is 40.9 Å². The molecule has 0 bridgehead atoms. The maximum Gasteiger partial charge on any atom is 0.319 e. The molecule has 5 rings (SSSR count). The van der Waals surface area contributed by atoms with Crippen molar-refractivity contribution in [1.29, 1.82) is 0 Å². The van der Waals surface area contributed by atoms with E-state index in [9.17, 15) is 9.59 Å². The number of hydrogen-bond donors (Lipinski definition) is 0. The van der Waals surface area contributed by atoms with Gasteiger partial charge in [0.2, 0.25) is 0 Å². The van der Waals surface area contributed by atoms with E-state index in [2.05, 4.69) is 19.7 Å². The SMILES string of the molecule is CN(C)C(=O)N1CCC(c2nnc3n2CCN(C(=O)c2nccc4ccccc24)C3)CC1. The number of pyridine rings is 1. The molecule has 0 aliphatic carbocycles. The number of aromatic nitrogens is 4. The lowest BCUT2D eigenvalue weighted by atomic mass is 9.96. The molecule has 0 atom stereocenters. The van der Waals surface area contributed by atoms with Gasteiger partial charge in [-0.25, -0.2) is 4.79 Å². The first kappa shape index (κ1) is 20.4. The summed E-state index contributed by atoms with van der Waals surface area (Å²) in [6, 6.07) is 9.79. The number of fused-ring (bicyclic) bond motifs is 2. The van der Waals surface area contributed by atoms with Gasteiger partial charge in [0, 0.05) is 57.8 Å². The Bertz CT molecular complexity index is 1160. The fourth-order valence-electron chi connectivity index (χ4n) is 4.71. The topological polar surface area (TPSA) is 87.5 Å². The van der Waals surface area contributed by atoms with Crippen molar-refractivity contribution in [3.8, 4) is 0 Å². The Morgan fingerprint density at radius 3 is 2.53 bits per heavy atom. The second-order valence-corrected chi connectivity index (χ2v) is 8.67. The molecule has 3 aromatic rings. The molecule has 2 aliphatic heterocycles. The maximum absolute atomic E-state index is 13.3. The van der Waals surface area contributed by atoms with Crippen LogP contribution in [0.4, 0.5) is 4.79 Å². The molecule has 0 spiro atoms. The average molecular weight is 434 g/mol. The van der Waals surface area contributed by atoms with Gasteiger partial charge in [-0.15, -0.1) is 10.2 Å². The predicted octanol–water partition coefficient (Wildman–Crippen LogP) is 2.34. The third-order valence-corrected chi connectivity index (χ3v) is 6.46. The van der Waals surface area contributed by atoms with Gasteiger partial charge in [0.15, 0.2) is 5.82 Å². The minimum atomic E-state index is -0.0758. The Hall–Kier alpha value is -3.49. The number of likely N-dealkylation sites (tertiary alicyclic amines) is 1. The Morgan fingerprint density at radius 1 is 0.969 bits per heavy atom. The van der Waals surface area contributed by atoms with E-state index < -0.39 is 0 Å². The molecule has 1 saturated heterocycles. The van der Waals surface area contributed by atoms with Crippen LogP contribution >= 0.6 is 0 Å². The Morgan fingerprint density at radius 2 is 1.75 bits per heavy atom. The van der Waals surface area contributed by atoms with Crippen LogP contribution in [0.2, 0.25) is 0 Å². The van der Waals surface area contributed by atoms with E-state index in [1.807, 2.05) is 35.2 Å². The molecule has 0 saturated carbocycles. The number of rotatable bonds is 2. The second kappa shape index (κ2) is 8.22. The number of urea groups is 1. The quantitative estimate of drug-likeness (QED) is 0.619. The zero-order chi connectivity index (χ0) is 22.2. The van der Waals surface area contributed by atoms with Gasteiger partial charge in [0.1, 0.15) is 11.5 Å². The second-order valence-electron chi connectivity index (χ2n) is 8.67. The lowest BCUT2D eigenvalue weighted by Gasteiger charge is -2.34. The molecule has 3 amide bonds. The minimum Gasteiger partial charge on any atom is -0.331 e. The van der Waals surface area contributed by atoms with Gasteiger partial charge in [0.05, 0.1) is 6.54 Å². The van der Waals surface area contributed by atoms with E-state index in [0.29, 0.717) is 25.3 Å². The van der Waals surface area contributed by atoms with Crippen LogP contribution in [0.5, 0.6) is 0 Å². The molecular weight excluding hydrogens is 406 g/mol. The predicted molar refractivity (Wildman–Crippen MR) is 119 cm³/mol. The largest absolute Gasteiger partial charge is 0.331 e. The fourth-order valence-corrected chi connectivity index (χ4v) is 4.71. The molecule has 0 N–H and O–H groups in total. The molecule has 32 heavy (non-hydrogen) atoms. The molecule has 9 nitrogen and oxygen atoms in total. The Labute approximate surface area is 186 Å².